The summed E-state index contributed by atoms with van der Waals surface area (Å²) >= 11 is 0. The van der Waals surface area contributed by atoms with Crippen LogP contribution in [0.15, 0.2) is 72.8 Å². The van der Waals surface area contributed by atoms with E-state index < -0.39 is 0 Å². The summed E-state index contributed by atoms with van der Waals surface area (Å²) in [4.78, 5) is 17.6. The molecule has 6 nitrogen and oxygen atoms in total. The quantitative estimate of drug-likeness (QED) is 0.673. The number of methoxy groups -OCH3 is 1. The molecule has 2 aromatic carbocycles. The molecule has 0 spiro atoms. The second kappa shape index (κ2) is 8.73. The topological polar surface area (TPSA) is 58.6 Å². The first-order valence-electron chi connectivity index (χ1n) is 9.77. The van der Waals surface area contributed by atoms with Gasteiger partial charge in [-0.2, -0.15) is 0 Å². The Hall–Kier alpha value is -3.41. The highest BCUT2D eigenvalue weighted by Crippen LogP contribution is 2.27. The zero-order chi connectivity index (χ0) is 20.1. The lowest BCUT2D eigenvalue weighted by molar-refractivity contribution is -0.132. The van der Waals surface area contributed by atoms with Gasteiger partial charge in [-0.1, -0.05) is 60.7 Å². The molecule has 0 bridgehead atoms. The van der Waals surface area contributed by atoms with Gasteiger partial charge in [0.1, 0.15) is 0 Å². The van der Waals surface area contributed by atoms with Crippen LogP contribution in [0.5, 0.6) is 5.88 Å². The fraction of sp³-hybridized carbons (Fsp3) is 0.261. The number of carbonyl (C=O) groups is 1. The van der Waals surface area contributed by atoms with Gasteiger partial charge in [-0.3, -0.25) is 4.79 Å². The zero-order valence-corrected chi connectivity index (χ0v) is 16.4. The van der Waals surface area contributed by atoms with Crippen LogP contribution < -0.4 is 9.64 Å². The van der Waals surface area contributed by atoms with E-state index in [9.17, 15) is 4.79 Å². The summed E-state index contributed by atoms with van der Waals surface area (Å²) in [6.07, 6.45) is 0. The largest absolute Gasteiger partial charge is 0.480 e. The molecule has 0 unspecified atom stereocenters. The van der Waals surface area contributed by atoms with Gasteiger partial charge >= 0.3 is 0 Å². The molecule has 148 valence electrons. The molecule has 1 amide bonds. The average molecular weight is 388 g/mol. The molecule has 4 rings (SSSR count). The number of amides is 1. The van der Waals surface area contributed by atoms with Crippen molar-refractivity contribution in [1.82, 2.24) is 15.1 Å². The van der Waals surface area contributed by atoms with Crippen molar-refractivity contribution in [2.24, 2.45) is 0 Å². The highest BCUT2D eigenvalue weighted by molar-refractivity contribution is 5.87. The lowest BCUT2D eigenvalue weighted by Gasteiger charge is -2.37. The summed E-state index contributed by atoms with van der Waals surface area (Å²) in [5.41, 5.74) is 2.04. The van der Waals surface area contributed by atoms with E-state index >= 15 is 0 Å². The van der Waals surface area contributed by atoms with Crippen LogP contribution in [-0.4, -0.2) is 54.3 Å². The van der Waals surface area contributed by atoms with Crippen molar-refractivity contribution in [3.63, 3.8) is 0 Å². The maximum atomic E-state index is 13.5. The van der Waals surface area contributed by atoms with Gasteiger partial charge in [0.25, 0.3) is 0 Å². The molecule has 29 heavy (non-hydrogen) atoms. The Morgan fingerprint density at radius 1 is 0.828 bits per heavy atom. The normalized spacial score (nSPS) is 14.1. The number of hydrogen-bond acceptors (Lipinski definition) is 5. The van der Waals surface area contributed by atoms with Gasteiger partial charge in [-0.25, -0.2) is 0 Å². The van der Waals surface area contributed by atoms with Crippen LogP contribution in [0.25, 0.3) is 0 Å². The zero-order valence-electron chi connectivity index (χ0n) is 16.4. The third kappa shape index (κ3) is 4.21. The van der Waals surface area contributed by atoms with E-state index in [4.69, 9.17) is 4.74 Å². The lowest BCUT2D eigenvalue weighted by Crippen LogP contribution is -2.50. The fourth-order valence-electron chi connectivity index (χ4n) is 3.70. The molecule has 2 heterocycles. The van der Waals surface area contributed by atoms with Crippen molar-refractivity contribution >= 4 is 11.7 Å². The average Bonchev–Trinajstić information content (AvgIpc) is 2.81. The number of aromatic nitrogens is 2. The van der Waals surface area contributed by atoms with Crippen LogP contribution in [0.2, 0.25) is 0 Å². The van der Waals surface area contributed by atoms with Gasteiger partial charge < -0.3 is 14.5 Å². The Labute approximate surface area is 170 Å². The van der Waals surface area contributed by atoms with Crippen molar-refractivity contribution < 1.29 is 9.53 Å². The predicted molar refractivity (Wildman–Crippen MR) is 112 cm³/mol. The number of piperazine rings is 1. The van der Waals surface area contributed by atoms with E-state index in [0.717, 1.165) is 30.0 Å². The molecule has 0 aliphatic carbocycles. The monoisotopic (exact) mass is 388 g/mol. The third-order valence-corrected chi connectivity index (χ3v) is 5.26. The Balaban J connectivity index is 1.49. The van der Waals surface area contributed by atoms with Gasteiger partial charge in [0.05, 0.1) is 13.0 Å². The standard InChI is InChI=1S/C23H24N4O2/c1-29-21-13-12-20(24-25-21)26-14-16-27(17-15-26)23(28)22(18-8-4-2-5-9-18)19-10-6-3-7-11-19/h2-13,22H,14-17H2,1H3. The molecule has 3 aromatic rings. The summed E-state index contributed by atoms with van der Waals surface area (Å²) in [5, 5.41) is 8.26. The molecule has 0 saturated carbocycles. The number of ether oxygens (including phenoxy) is 1. The minimum atomic E-state index is -0.287. The summed E-state index contributed by atoms with van der Waals surface area (Å²) in [7, 11) is 1.57. The Bertz CT molecular complexity index is 885. The molecule has 0 N–H and O–H groups in total. The van der Waals surface area contributed by atoms with Gasteiger partial charge in [0.2, 0.25) is 11.8 Å². The Kier molecular flexibility index (Phi) is 5.70. The van der Waals surface area contributed by atoms with E-state index in [2.05, 4.69) is 15.1 Å². The number of hydrogen-bond donors (Lipinski definition) is 0. The third-order valence-electron chi connectivity index (χ3n) is 5.26. The van der Waals surface area contributed by atoms with Crippen molar-refractivity contribution in [3.8, 4) is 5.88 Å². The van der Waals surface area contributed by atoms with Gasteiger partial charge in [-0.05, 0) is 17.2 Å². The number of carbonyl (C=O) groups excluding carboxylic acids is 1. The summed E-state index contributed by atoms with van der Waals surface area (Å²) in [6.45, 7) is 2.76. The minimum absolute atomic E-state index is 0.142. The van der Waals surface area contributed by atoms with Crippen LogP contribution in [-0.2, 0) is 4.79 Å². The molecule has 1 aromatic heterocycles. The Morgan fingerprint density at radius 3 is 1.90 bits per heavy atom. The van der Waals surface area contributed by atoms with E-state index in [0.29, 0.717) is 19.0 Å². The number of nitrogens with zero attached hydrogens (tertiary/aromatic N) is 4. The van der Waals surface area contributed by atoms with Crippen LogP contribution in [0, 0.1) is 0 Å². The first-order valence-corrected chi connectivity index (χ1v) is 9.77. The van der Waals surface area contributed by atoms with Crippen molar-refractivity contribution in [2.45, 2.75) is 5.92 Å². The van der Waals surface area contributed by atoms with Crippen LogP contribution in [0.4, 0.5) is 5.82 Å². The smallest absolute Gasteiger partial charge is 0.234 e. The van der Waals surface area contributed by atoms with E-state index in [1.807, 2.05) is 71.6 Å². The van der Waals surface area contributed by atoms with Crippen LogP contribution in [0.1, 0.15) is 17.0 Å². The highest BCUT2D eigenvalue weighted by Gasteiger charge is 2.30. The highest BCUT2D eigenvalue weighted by atomic mass is 16.5. The van der Waals surface area contributed by atoms with Crippen molar-refractivity contribution in [2.75, 3.05) is 38.2 Å². The molecule has 1 fully saturated rings. The molecular weight excluding hydrogens is 364 g/mol. The van der Waals surface area contributed by atoms with Gasteiger partial charge in [0.15, 0.2) is 5.82 Å². The van der Waals surface area contributed by atoms with E-state index in [1.165, 1.54) is 0 Å². The van der Waals surface area contributed by atoms with Crippen molar-refractivity contribution in [3.05, 3.63) is 83.9 Å². The predicted octanol–water partition coefficient (Wildman–Crippen LogP) is 2.97. The summed E-state index contributed by atoms with van der Waals surface area (Å²) in [5.74, 6) is 1.16. The molecule has 0 atom stereocenters. The first-order chi connectivity index (χ1) is 14.3. The molecular formula is C23H24N4O2. The number of benzene rings is 2. The summed E-state index contributed by atoms with van der Waals surface area (Å²) < 4.78 is 5.07. The van der Waals surface area contributed by atoms with Crippen LogP contribution in [0.3, 0.4) is 0 Å². The second-order valence-electron chi connectivity index (χ2n) is 7.00. The Morgan fingerprint density at radius 2 is 1.41 bits per heavy atom. The molecule has 1 saturated heterocycles. The fourth-order valence-corrected chi connectivity index (χ4v) is 3.70. The van der Waals surface area contributed by atoms with Gasteiger partial charge in [0, 0.05) is 32.2 Å². The maximum absolute atomic E-state index is 13.5. The van der Waals surface area contributed by atoms with E-state index in [-0.39, 0.29) is 11.8 Å². The van der Waals surface area contributed by atoms with Crippen LogP contribution >= 0.6 is 0 Å². The van der Waals surface area contributed by atoms with Gasteiger partial charge in [-0.15, -0.1) is 10.2 Å². The summed E-state index contributed by atoms with van der Waals surface area (Å²) in [6, 6.07) is 23.7. The maximum Gasteiger partial charge on any atom is 0.234 e. The minimum Gasteiger partial charge on any atom is -0.480 e. The number of rotatable bonds is 5. The number of anilines is 1. The molecule has 6 heteroatoms. The lowest BCUT2D eigenvalue weighted by atomic mass is 9.90. The molecule has 1 aliphatic rings. The molecule has 0 radical (unpaired) electrons. The SMILES string of the molecule is COc1ccc(N2CCN(C(=O)C(c3ccccc3)c3ccccc3)CC2)nn1. The van der Waals surface area contributed by atoms with E-state index in [1.54, 1.807) is 13.2 Å². The van der Waals surface area contributed by atoms with Crippen molar-refractivity contribution in [1.29, 1.82) is 0 Å². The molecule has 1 aliphatic heterocycles. The first kappa shape index (κ1) is 18.9. The second-order valence-corrected chi connectivity index (χ2v) is 7.00.